The van der Waals surface area contributed by atoms with Crippen molar-refractivity contribution < 1.29 is 4.79 Å². The maximum atomic E-state index is 12.6. The van der Waals surface area contributed by atoms with Gasteiger partial charge >= 0.3 is 0 Å². The second-order valence-electron chi connectivity index (χ2n) is 5.73. The Morgan fingerprint density at radius 3 is 2.80 bits per heavy atom. The number of benzene rings is 1. The van der Waals surface area contributed by atoms with Gasteiger partial charge in [0.25, 0.3) is 5.91 Å². The molecule has 0 fully saturated rings. The van der Waals surface area contributed by atoms with Gasteiger partial charge in [0, 0.05) is 11.1 Å². The summed E-state index contributed by atoms with van der Waals surface area (Å²) in [5.74, 6) is -0.368. The number of aromatic amines is 1. The average molecular weight is 354 g/mol. The van der Waals surface area contributed by atoms with E-state index in [2.05, 4.69) is 20.5 Å². The number of anilines is 1. The molecule has 0 radical (unpaired) electrons. The minimum atomic E-state index is -0.368. The first-order chi connectivity index (χ1) is 12.0. The summed E-state index contributed by atoms with van der Waals surface area (Å²) in [6.45, 7) is 5.53. The number of hydrogen-bond donors (Lipinski definition) is 2. The van der Waals surface area contributed by atoms with Crippen LogP contribution >= 0.6 is 11.6 Å². The smallest absolute Gasteiger partial charge is 0.274 e. The van der Waals surface area contributed by atoms with Crippen LogP contribution in [0.5, 0.6) is 0 Å². The van der Waals surface area contributed by atoms with Crippen molar-refractivity contribution in [3.05, 3.63) is 51.4 Å². The third-order valence-corrected chi connectivity index (χ3v) is 4.54. The fourth-order valence-corrected chi connectivity index (χ4v) is 2.98. The molecule has 0 aliphatic carbocycles. The van der Waals surface area contributed by atoms with Gasteiger partial charge in [-0.3, -0.25) is 9.89 Å². The van der Waals surface area contributed by atoms with Crippen molar-refractivity contribution in [1.82, 2.24) is 15.2 Å². The number of amides is 1. The number of hydrogen-bond acceptors (Lipinski definition) is 4. The highest BCUT2D eigenvalue weighted by Crippen LogP contribution is 2.24. The summed E-state index contributed by atoms with van der Waals surface area (Å²) < 4.78 is 0. The molecule has 6 nitrogen and oxygen atoms in total. The van der Waals surface area contributed by atoms with Crippen LogP contribution in [-0.4, -0.2) is 21.1 Å². The highest BCUT2D eigenvalue weighted by Gasteiger charge is 2.18. The van der Waals surface area contributed by atoms with Crippen LogP contribution in [-0.2, 0) is 6.42 Å². The maximum Gasteiger partial charge on any atom is 0.274 e. The number of fused-ring (bicyclic) bond motifs is 1. The van der Waals surface area contributed by atoms with E-state index in [1.807, 2.05) is 25.1 Å². The van der Waals surface area contributed by atoms with Crippen molar-refractivity contribution in [1.29, 1.82) is 5.26 Å². The SMILES string of the molecule is CCc1n[nH]c2ccc(NC(=O)c3nc(Cl)c(C#N)c(C)c3C)cc12. The first-order valence-electron chi connectivity index (χ1n) is 7.81. The molecule has 0 spiro atoms. The van der Waals surface area contributed by atoms with Crippen LogP contribution in [0.25, 0.3) is 10.9 Å². The minimum absolute atomic E-state index is 0.0364. The number of nitrogens with zero attached hydrogens (tertiary/aromatic N) is 3. The fraction of sp³-hybridized carbons (Fsp3) is 0.222. The Kier molecular flexibility index (Phi) is 4.43. The van der Waals surface area contributed by atoms with Crippen LogP contribution in [0, 0.1) is 25.2 Å². The normalized spacial score (nSPS) is 10.7. The summed E-state index contributed by atoms with van der Waals surface area (Å²) in [6.07, 6.45) is 0.794. The molecule has 1 amide bonds. The van der Waals surface area contributed by atoms with E-state index < -0.39 is 0 Å². The van der Waals surface area contributed by atoms with Gasteiger partial charge in [-0.25, -0.2) is 4.98 Å². The first kappa shape index (κ1) is 16.9. The van der Waals surface area contributed by atoms with Gasteiger partial charge in [0.2, 0.25) is 0 Å². The van der Waals surface area contributed by atoms with E-state index in [1.165, 1.54) is 0 Å². The zero-order valence-corrected chi connectivity index (χ0v) is 14.8. The summed E-state index contributed by atoms with van der Waals surface area (Å²) in [7, 11) is 0. The lowest BCUT2D eigenvalue weighted by Crippen LogP contribution is -2.17. The predicted molar refractivity (Wildman–Crippen MR) is 96.9 cm³/mol. The van der Waals surface area contributed by atoms with Crippen molar-refractivity contribution in [2.24, 2.45) is 0 Å². The van der Waals surface area contributed by atoms with Gasteiger partial charge in [-0.05, 0) is 49.6 Å². The Morgan fingerprint density at radius 1 is 1.36 bits per heavy atom. The standard InChI is InChI=1S/C18H16ClN5O/c1-4-14-12-7-11(5-6-15(12)24-23-14)21-18(25)16-10(3)9(2)13(8-20)17(19)22-16/h5-7H,4H2,1-3H3,(H,21,25)(H,23,24). The van der Waals surface area contributed by atoms with Crippen molar-refractivity contribution in [2.75, 3.05) is 5.32 Å². The Balaban J connectivity index is 1.97. The lowest BCUT2D eigenvalue weighted by atomic mass is 10.0. The third kappa shape index (κ3) is 2.94. The molecule has 1 aromatic carbocycles. The zero-order chi connectivity index (χ0) is 18.1. The molecule has 126 valence electrons. The second-order valence-corrected chi connectivity index (χ2v) is 6.08. The van der Waals surface area contributed by atoms with Crippen LogP contribution in [0.4, 0.5) is 5.69 Å². The fourth-order valence-electron chi connectivity index (χ4n) is 2.71. The Morgan fingerprint density at radius 2 is 2.12 bits per heavy atom. The van der Waals surface area contributed by atoms with Crippen LogP contribution in [0.3, 0.4) is 0 Å². The second kappa shape index (κ2) is 6.54. The largest absolute Gasteiger partial charge is 0.321 e. The number of halogens is 1. The van der Waals surface area contributed by atoms with Crippen LogP contribution in [0.1, 0.15) is 39.8 Å². The molecule has 0 bridgehead atoms. The number of nitriles is 1. The monoisotopic (exact) mass is 353 g/mol. The van der Waals surface area contributed by atoms with E-state index in [1.54, 1.807) is 19.9 Å². The summed E-state index contributed by atoms with van der Waals surface area (Å²) in [6, 6.07) is 7.56. The highest BCUT2D eigenvalue weighted by atomic mass is 35.5. The van der Waals surface area contributed by atoms with Crippen LogP contribution in [0.15, 0.2) is 18.2 Å². The number of carbonyl (C=O) groups is 1. The molecule has 3 rings (SSSR count). The number of rotatable bonds is 3. The van der Waals surface area contributed by atoms with Crippen molar-refractivity contribution in [3.63, 3.8) is 0 Å². The van der Waals surface area contributed by atoms with Crippen LogP contribution < -0.4 is 5.32 Å². The number of aryl methyl sites for hydroxylation is 1. The topological polar surface area (TPSA) is 94.5 Å². The van der Waals surface area contributed by atoms with Crippen LogP contribution in [0.2, 0.25) is 5.15 Å². The molecule has 0 unspecified atom stereocenters. The summed E-state index contributed by atoms with van der Waals surface area (Å²) in [5, 5.41) is 20.2. The van der Waals surface area contributed by atoms with Crippen molar-refractivity contribution in [2.45, 2.75) is 27.2 Å². The van der Waals surface area contributed by atoms with E-state index in [0.717, 1.165) is 23.0 Å². The van der Waals surface area contributed by atoms with Gasteiger partial charge in [-0.1, -0.05) is 18.5 Å². The molecule has 2 heterocycles. The van der Waals surface area contributed by atoms with Gasteiger partial charge in [-0.2, -0.15) is 10.4 Å². The molecule has 3 aromatic rings. The van der Waals surface area contributed by atoms with Gasteiger partial charge in [0.1, 0.15) is 16.9 Å². The number of pyridine rings is 1. The predicted octanol–water partition coefficient (Wildman–Crippen LogP) is 3.91. The number of carbonyl (C=O) groups excluding carboxylic acids is 1. The summed E-state index contributed by atoms with van der Waals surface area (Å²) in [4.78, 5) is 16.7. The average Bonchev–Trinajstić information content (AvgIpc) is 3.00. The molecule has 2 N–H and O–H groups in total. The number of aromatic nitrogens is 3. The molecule has 0 saturated carbocycles. The minimum Gasteiger partial charge on any atom is -0.321 e. The molecule has 0 saturated heterocycles. The van der Waals surface area contributed by atoms with Gasteiger partial charge < -0.3 is 5.32 Å². The molecule has 2 aromatic heterocycles. The first-order valence-corrected chi connectivity index (χ1v) is 8.19. The highest BCUT2D eigenvalue weighted by molar-refractivity contribution is 6.31. The van der Waals surface area contributed by atoms with Crippen molar-refractivity contribution >= 4 is 34.1 Å². The summed E-state index contributed by atoms with van der Waals surface area (Å²) >= 11 is 6.03. The van der Waals surface area contributed by atoms with E-state index in [0.29, 0.717) is 22.4 Å². The Labute approximate surface area is 149 Å². The lowest BCUT2D eigenvalue weighted by Gasteiger charge is -2.11. The molecular formula is C18H16ClN5O. The molecule has 0 atom stereocenters. The molecule has 0 aliphatic rings. The number of nitrogens with one attached hydrogen (secondary N) is 2. The van der Waals surface area contributed by atoms with Gasteiger partial charge in [0.05, 0.1) is 16.8 Å². The third-order valence-electron chi connectivity index (χ3n) is 4.27. The van der Waals surface area contributed by atoms with Gasteiger partial charge in [-0.15, -0.1) is 0 Å². The van der Waals surface area contributed by atoms with E-state index in [-0.39, 0.29) is 16.8 Å². The number of H-pyrrole nitrogens is 1. The molecule has 7 heteroatoms. The zero-order valence-electron chi connectivity index (χ0n) is 14.1. The quantitative estimate of drug-likeness (QED) is 0.698. The van der Waals surface area contributed by atoms with E-state index in [9.17, 15) is 4.79 Å². The van der Waals surface area contributed by atoms with Gasteiger partial charge in [0.15, 0.2) is 0 Å². The maximum absolute atomic E-state index is 12.6. The van der Waals surface area contributed by atoms with E-state index in [4.69, 9.17) is 16.9 Å². The summed E-state index contributed by atoms with van der Waals surface area (Å²) in [5.41, 5.74) is 4.31. The molecular weight excluding hydrogens is 338 g/mol. The molecule has 25 heavy (non-hydrogen) atoms. The Hall–Kier alpha value is -2.91. The molecule has 0 aliphatic heterocycles. The lowest BCUT2D eigenvalue weighted by molar-refractivity contribution is 0.102. The Bertz CT molecular complexity index is 1030. The van der Waals surface area contributed by atoms with Crippen molar-refractivity contribution in [3.8, 4) is 6.07 Å². The van der Waals surface area contributed by atoms with E-state index >= 15 is 0 Å².